The second-order valence-corrected chi connectivity index (χ2v) is 37.8. The number of anilines is 6. The molecule has 129 heavy (non-hydrogen) atoms. The number of halogens is 6. The Morgan fingerprint density at radius 2 is 0.543 bits per heavy atom. The number of piperidine rings is 6. The Morgan fingerprint density at radius 3 is 0.760 bits per heavy atom. The third kappa shape index (κ3) is 19.9. The molecule has 24 nitrogen and oxygen atoms in total. The zero-order chi connectivity index (χ0) is 90.9. The summed E-state index contributed by atoms with van der Waals surface area (Å²) in [5.74, 6) is 0.911. The molecule has 0 amide bonds. The van der Waals surface area contributed by atoms with Gasteiger partial charge >= 0.3 is 0 Å². The average Bonchev–Trinajstić information content (AvgIpc) is 1.62. The third-order valence-corrected chi connectivity index (χ3v) is 29.2. The maximum Gasteiger partial charge on any atom is 0.229 e. The smallest absolute Gasteiger partial charge is 0.229 e. The second kappa shape index (κ2) is 38.9. The molecular formula is C99H126F6N24. The Kier molecular flexibility index (Phi) is 27.7. The largest absolute Gasteiger partial charge is 0.326 e. The summed E-state index contributed by atoms with van der Waals surface area (Å²) in [6.45, 7) is 48.6. The van der Waals surface area contributed by atoms with E-state index in [1.807, 2.05) is 113 Å². The van der Waals surface area contributed by atoms with Crippen molar-refractivity contribution in [1.82, 2.24) is 103 Å². The number of fused-ring (bicyclic) bond motifs is 3. The van der Waals surface area contributed by atoms with Gasteiger partial charge in [-0.1, -0.05) is 39.0 Å². The number of pyridine rings is 3. The summed E-state index contributed by atoms with van der Waals surface area (Å²) in [6.07, 6.45) is 24.5. The minimum absolute atomic E-state index is 0.0148. The number of imidazole rings is 3. The minimum atomic E-state index is -0.631. The highest BCUT2D eigenvalue weighted by Crippen LogP contribution is 2.47. The highest BCUT2D eigenvalue weighted by Gasteiger charge is 2.42. The van der Waals surface area contributed by atoms with Crippen LogP contribution in [-0.2, 0) is 0 Å². The molecule has 6 fully saturated rings. The molecule has 0 aliphatic carbocycles. The van der Waals surface area contributed by atoms with Crippen molar-refractivity contribution in [2.24, 2.45) is 16.2 Å². The quantitative estimate of drug-likeness (QED) is 0.0569. The monoisotopic (exact) mass is 1770 g/mol. The van der Waals surface area contributed by atoms with Gasteiger partial charge in [0, 0.05) is 71.5 Å². The van der Waals surface area contributed by atoms with E-state index in [1.165, 1.54) is 135 Å². The first-order chi connectivity index (χ1) is 62.0. The molecule has 3 aromatic carbocycles. The van der Waals surface area contributed by atoms with E-state index in [-0.39, 0.29) is 87.7 Å². The van der Waals surface area contributed by atoms with Gasteiger partial charge < -0.3 is 44.4 Å². The number of likely N-dealkylation sites (tertiary alicyclic amines) is 6. The molecule has 12 aromatic rings. The fourth-order valence-electron chi connectivity index (χ4n) is 20.9. The summed E-state index contributed by atoms with van der Waals surface area (Å²) in [6, 6.07) is 22.0. The summed E-state index contributed by atoms with van der Waals surface area (Å²) in [4.78, 5) is 68.0. The highest BCUT2D eigenvalue weighted by atomic mass is 19.1. The van der Waals surface area contributed by atoms with E-state index in [4.69, 9.17) is 0 Å². The standard InChI is InChI=1S/3C33H42F2N8/c3*1-6-41-13-9-33(10-14-41)11-15-42(16-12-33)22(4)24-7-8-29(36-19-24)39-32-37-20-27(35)30(40-32)25-17-26(34)31-28(18-25)43(21(2)3)23(5)38-31/h3*7-8,17-22H,6,9-16H2,1-5H3,(H,36,37,39,40)/t2*22-;/m10./s1. The topological polar surface area (TPSA) is 225 Å². The lowest BCUT2D eigenvalue weighted by molar-refractivity contribution is 0.0236. The van der Waals surface area contributed by atoms with E-state index >= 15 is 13.2 Å². The summed E-state index contributed by atoms with van der Waals surface area (Å²) in [7, 11) is 0. The first-order valence-corrected chi connectivity index (χ1v) is 46.7. The van der Waals surface area contributed by atoms with Crippen molar-refractivity contribution in [3.63, 3.8) is 0 Å². The van der Waals surface area contributed by atoms with E-state index in [1.54, 1.807) is 18.2 Å². The summed E-state index contributed by atoms with van der Waals surface area (Å²) in [5, 5.41) is 9.27. The molecule has 3 N–H and O–H groups in total. The van der Waals surface area contributed by atoms with Crippen LogP contribution < -0.4 is 16.0 Å². The molecule has 0 saturated carbocycles. The van der Waals surface area contributed by atoms with Gasteiger partial charge in [-0.25, -0.2) is 86.2 Å². The van der Waals surface area contributed by atoms with Gasteiger partial charge in [0.05, 0.1) is 35.1 Å². The van der Waals surface area contributed by atoms with Crippen LogP contribution in [0.3, 0.4) is 0 Å². The number of benzene rings is 3. The van der Waals surface area contributed by atoms with Gasteiger partial charge in [-0.2, -0.15) is 0 Å². The lowest BCUT2D eigenvalue weighted by Gasteiger charge is -2.48. The van der Waals surface area contributed by atoms with Crippen molar-refractivity contribution < 1.29 is 26.3 Å². The summed E-state index contributed by atoms with van der Waals surface area (Å²) >= 11 is 0. The Labute approximate surface area is 754 Å². The maximum atomic E-state index is 15.1. The maximum absolute atomic E-state index is 15.1. The first kappa shape index (κ1) is 91.8. The molecular weight excluding hydrogens is 1640 g/mol. The SMILES string of the molecule is CCN1CCC2(CC1)CCN(C(C)c1ccc(Nc3ncc(F)c(-c4cc(F)c5nc(C)n(C(C)C)c5c4)n3)nc1)CC2.CCN1CCC2(CC1)CCN([C@@H](C)c1ccc(Nc3ncc(F)c(-c4cc(F)c5nc(C)n(C(C)C)c5c4)n3)nc1)CC2.CCN1CCC2(CC1)CCN([C@H](C)c1ccc(Nc3ncc(F)c(-c4cc(F)c5nc(C)n(C(C)C)c5c4)n3)nc1)CC2. The van der Waals surface area contributed by atoms with Crippen LogP contribution in [0, 0.1) is 71.9 Å². The van der Waals surface area contributed by atoms with Crippen molar-refractivity contribution in [3.8, 4) is 33.8 Å². The van der Waals surface area contributed by atoms with Gasteiger partial charge in [-0.15, -0.1) is 0 Å². The zero-order valence-corrected chi connectivity index (χ0v) is 77.6. The van der Waals surface area contributed by atoms with E-state index in [0.717, 1.165) is 94.2 Å². The van der Waals surface area contributed by atoms with Crippen LogP contribution in [0.4, 0.5) is 61.6 Å². The zero-order valence-electron chi connectivity index (χ0n) is 77.6. The first-order valence-electron chi connectivity index (χ1n) is 46.7. The van der Waals surface area contributed by atoms with Gasteiger partial charge in [-0.05, 0) is 346 Å². The van der Waals surface area contributed by atoms with Crippen molar-refractivity contribution in [1.29, 1.82) is 0 Å². The predicted octanol–water partition coefficient (Wildman–Crippen LogP) is 21.2. The Morgan fingerprint density at radius 1 is 0.302 bits per heavy atom. The third-order valence-electron chi connectivity index (χ3n) is 29.2. The number of hydrogen-bond donors (Lipinski definition) is 3. The fraction of sp³-hybridized carbons (Fsp3) is 0.515. The molecule has 15 heterocycles. The molecule has 0 bridgehead atoms. The van der Waals surface area contributed by atoms with Gasteiger partial charge in [0.25, 0.3) is 0 Å². The summed E-state index contributed by atoms with van der Waals surface area (Å²) in [5.41, 5.74) is 8.66. The molecule has 6 saturated heterocycles. The van der Waals surface area contributed by atoms with Crippen LogP contribution >= 0.6 is 0 Å². The molecule has 9 aromatic heterocycles. The number of aryl methyl sites for hydroxylation is 3. The van der Waals surface area contributed by atoms with E-state index in [2.05, 4.69) is 165 Å². The number of rotatable bonds is 21. The molecule has 3 atom stereocenters. The summed E-state index contributed by atoms with van der Waals surface area (Å²) < 4.78 is 95.8. The molecule has 18 rings (SSSR count). The van der Waals surface area contributed by atoms with Gasteiger partial charge in [0.2, 0.25) is 17.8 Å². The van der Waals surface area contributed by atoms with Crippen LogP contribution in [0.1, 0.15) is 231 Å². The average molecular weight is 1770 g/mol. The normalized spacial score (nSPS) is 18.5. The molecule has 0 radical (unpaired) electrons. The van der Waals surface area contributed by atoms with E-state index in [0.29, 0.717) is 84.4 Å². The molecule has 3 spiro atoms. The molecule has 684 valence electrons. The molecule has 1 unspecified atom stereocenters. The molecule has 30 heteroatoms. The van der Waals surface area contributed by atoms with Crippen molar-refractivity contribution in [2.75, 3.05) is 114 Å². The van der Waals surface area contributed by atoms with Crippen LogP contribution in [0.5, 0.6) is 0 Å². The Bertz CT molecular complexity index is 5310. The number of aromatic nitrogens is 15. The number of nitrogens with zero attached hydrogens (tertiary/aromatic N) is 21. The number of nitrogens with one attached hydrogen (secondary N) is 3. The number of hydrogen-bond acceptors (Lipinski definition) is 21. The van der Waals surface area contributed by atoms with Gasteiger partial charge in [0.1, 0.15) is 68.6 Å². The van der Waals surface area contributed by atoms with Gasteiger partial charge in [-0.3, -0.25) is 14.7 Å². The van der Waals surface area contributed by atoms with Crippen LogP contribution in [0.2, 0.25) is 0 Å². The van der Waals surface area contributed by atoms with Crippen molar-refractivity contribution in [3.05, 3.63) is 179 Å². The van der Waals surface area contributed by atoms with Crippen LogP contribution in [0.25, 0.3) is 66.9 Å². The highest BCUT2D eigenvalue weighted by molar-refractivity contribution is 5.85. The minimum Gasteiger partial charge on any atom is -0.326 e. The fourth-order valence-corrected chi connectivity index (χ4v) is 20.9. The molecule has 6 aliphatic heterocycles. The van der Waals surface area contributed by atoms with Crippen molar-refractivity contribution >= 4 is 68.4 Å². The lowest BCUT2D eigenvalue weighted by Crippen LogP contribution is -2.47. The van der Waals surface area contributed by atoms with Gasteiger partial charge in [0.15, 0.2) is 34.9 Å². The van der Waals surface area contributed by atoms with Crippen LogP contribution in [0.15, 0.2) is 110 Å². The molecule has 6 aliphatic rings. The van der Waals surface area contributed by atoms with Crippen LogP contribution in [-0.4, -0.2) is 201 Å². The van der Waals surface area contributed by atoms with E-state index < -0.39 is 34.9 Å². The lowest BCUT2D eigenvalue weighted by atomic mass is 9.71. The van der Waals surface area contributed by atoms with Crippen molar-refractivity contribution in [2.45, 2.75) is 217 Å². The predicted molar refractivity (Wildman–Crippen MR) is 499 cm³/mol. The Balaban J connectivity index is 0.000000142. The second-order valence-electron chi connectivity index (χ2n) is 37.8. The Hall–Kier alpha value is -10.5. The van der Waals surface area contributed by atoms with E-state index in [9.17, 15) is 13.2 Å².